The zero-order valence-corrected chi connectivity index (χ0v) is 19.1. The molecule has 170 valence electrons. The number of ketones is 1. The van der Waals surface area contributed by atoms with Crippen LogP contribution < -0.4 is 0 Å². The lowest BCUT2D eigenvalue weighted by Gasteiger charge is -2.26. The van der Waals surface area contributed by atoms with Gasteiger partial charge in [0.15, 0.2) is 0 Å². The van der Waals surface area contributed by atoms with Crippen molar-refractivity contribution in [2.45, 2.75) is 45.7 Å². The van der Waals surface area contributed by atoms with Crippen molar-refractivity contribution in [2.75, 3.05) is 0 Å². The Morgan fingerprint density at radius 1 is 1.09 bits per heavy atom. The number of hydrogen-bond donors (Lipinski definition) is 1. The van der Waals surface area contributed by atoms with Crippen LogP contribution in [0.4, 0.5) is 4.39 Å². The molecule has 4 rings (SSSR count). The number of hydrogen-bond acceptors (Lipinski definition) is 4. The Morgan fingerprint density at radius 3 is 2.36 bits per heavy atom. The topological polar surface area (TPSA) is 70.8 Å². The highest BCUT2D eigenvalue weighted by Gasteiger charge is 2.46. The van der Waals surface area contributed by atoms with E-state index >= 15 is 0 Å². The number of halogens is 1. The van der Waals surface area contributed by atoms with E-state index in [1.165, 1.54) is 29.4 Å². The summed E-state index contributed by atoms with van der Waals surface area (Å²) in [4.78, 5) is 27.5. The number of aliphatic hydroxyl groups is 1. The first-order valence-corrected chi connectivity index (χ1v) is 10.8. The number of Topliss-reactive ketones (excluding diaryl/α,β-unsaturated/α-hetero) is 1. The van der Waals surface area contributed by atoms with Crippen LogP contribution in [-0.2, 0) is 21.5 Å². The van der Waals surface area contributed by atoms with E-state index in [1.54, 1.807) is 19.1 Å². The highest BCUT2D eigenvalue weighted by atomic mass is 19.1. The Bertz CT molecular complexity index is 1230. The molecule has 1 N–H and O–H groups in total. The zero-order valence-electron chi connectivity index (χ0n) is 19.1. The average molecular weight is 448 g/mol. The smallest absolute Gasteiger partial charge is 0.296 e. The van der Waals surface area contributed by atoms with E-state index in [2.05, 4.69) is 20.8 Å². The average Bonchev–Trinajstić information content (AvgIpc) is 3.37. The summed E-state index contributed by atoms with van der Waals surface area (Å²) in [7, 11) is 0. The molecule has 0 saturated carbocycles. The van der Waals surface area contributed by atoms with E-state index in [1.807, 2.05) is 24.3 Å². The number of aliphatic hydroxyl groups excluding tert-OH is 1. The maximum Gasteiger partial charge on any atom is 0.296 e. The number of furan rings is 1. The Morgan fingerprint density at radius 2 is 1.79 bits per heavy atom. The lowest BCUT2D eigenvalue weighted by Crippen LogP contribution is -2.29. The van der Waals surface area contributed by atoms with E-state index in [-0.39, 0.29) is 23.1 Å². The molecule has 5 nitrogen and oxygen atoms in total. The van der Waals surface area contributed by atoms with E-state index in [0.29, 0.717) is 16.9 Å². The second kappa shape index (κ2) is 8.35. The van der Waals surface area contributed by atoms with Gasteiger partial charge in [0.1, 0.15) is 17.3 Å². The van der Waals surface area contributed by atoms with Gasteiger partial charge in [0.2, 0.25) is 0 Å². The van der Waals surface area contributed by atoms with E-state index in [9.17, 15) is 19.1 Å². The molecule has 1 fully saturated rings. The molecule has 2 aromatic carbocycles. The van der Waals surface area contributed by atoms with Crippen molar-refractivity contribution in [3.8, 4) is 0 Å². The van der Waals surface area contributed by atoms with E-state index in [0.717, 1.165) is 5.56 Å². The Balaban J connectivity index is 1.86. The summed E-state index contributed by atoms with van der Waals surface area (Å²) in [5.74, 6) is -1.96. The van der Waals surface area contributed by atoms with Crippen LogP contribution in [0.15, 0.2) is 70.9 Å². The van der Waals surface area contributed by atoms with Crippen LogP contribution >= 0.6 is 0 Å². The standard InChI is InChI=1S/C27H26FNO4/c1-16-7-8-18(14-21(16)28)24(30)22-23(17-9-11-19(12-10-17)27(2,3)4)29(26(32)25(22)31)15-20-6-5-13-33-20/h5-14,23,30H,15H2,1-4H3/t23-/m0/s1. The van der Waals surface area contributed by atoms with Crippen LogP contribution in [0.1, 0.15) is 54.8 Å². The molecule has 3 aromatic rings. The molecular formula is C27H26FNO4. The molecular weight excluding hydrogens is 421 g/mol. The first-order valence-electron chi connectivity index (χ1n) is 10.8. The summed E-state index contributed by atoms with van der Waals surface area (Å²) in [5, 5.41) is 11.1. The van der Waals surface area contributed by atoms with Gasteiger partial charge in [-0.25, -0.2) is 4.39 Å². The molecule has 0 aliphatic carbocycles. The van der Waals surface area contributed by atoms with E-state index < -0.39 is 29.3 Å². The molecule has 1 aliphatic heterocycles. The number of nitrogens with zero attached hydrogens (tertiary/aromatic N) is 1. The highest BCUT2D eigenvalue weighted by molar-refractivity contribution is 6.46. The van der Waals surface area contributed by atoms with Gasteiger partial charge in [-0.15, -0.1) is 0 Å². The molecule has 0 spiro atoms. The second-order valence-corrected chi connectivity index (χ2v) is 9.34. The minimum absolute atomic E-state index is 0.0578. The molecule has 6 heteroatoms. The summed E-state index contributed by atoms with van der Waals surface area (Å²) in [6.45, 7) is 7.95. The lowest BCUT2D eigenvalue weighted by molar-refractivity contribution is -0.140. The number of carbonyl (C=O) groups excluding carboxylic acids is 2. The normalized spacial score (nSPS) is 18.2. The molecule has 0 bridgehead atoms. The molecule has 1 aromatic heterocycles. The minimum atomic E-state index is -0.839. The molecule has 1 aliphatic rings. The maximum absolute atomic E-state index is 14.2. The predicted molar refractivity (Wildman–Crippen MR) is 123 cm³/mol. The summed E-state index contributed by atoms with van der Waals surface area (Å²) < 4.78 is 19.6. The van der Waals surface area contributed by atoms with E-state index in [4.69, 9.17) is 4.42 Å². The number of likely N-dealkylation sites (tertiary alicyclic amines) is 1. The number of carbonyl (C=O) groups is 2. The third-order valence-corrected chi connectivity index (χ3v) is 5.98. The Labute approximate surface area is 192 Å². The third-order valence-electron chi connectivity index (χ3n) is 5.98. The molecule has 2 heterocycles. The maximum atomic E-state index is 14.2. The van der Waals surface area contributed by atoms with Gasteiger partial charge >= 0.3 is 0 Å². The van der Waals surface area contributed by atoms with Gasteiger partial charge in [0.25, 0.3) is 11.7 Å². The van der Waals surface area contributed by atoms with Crippen LogP contribution in [0, 0.1) is 12.7 Å². The Hall–Kier alpha value is -3.67. The predicted octanol–water partition coefficient (Wildman–Crippen LogP) is 5.65. The Kier molecular flexibility index (Phi) is 5.70. The minimum Gasteiger partial charge on any atom is -0.507 e. The number of amides is 1. The van der Waals surface area contributed by atoms with Gasteiger partial charge in [-0.05, 0) is 47.2 Å². The van der Waals surface area contributed by atoms with Gasteiger partial charge in [-0.2, -0.15) is 0 Å². The number of rotatable bonds is 4. The van der Waals surface area contributed by atoms with Gasteiger partial charge in [0.05, 0.1) is 24.4 Å². The summed E-state index contributed by atoms with van der Waals surface area (Å²) in [5.41, 5.74) is 2.18. The first-order chi connectivity index (χ1) is 15.6. The van der Waals surface area contributed by atoms with Crippen LogP contribution in [0.3, 0.4) is 0 Å². The molecule has 0 radical (unpaired) electrons. The van der Waals surface area contributed by atoms with Crippen molar-refractivity contribution in [3.05, 3.63) is 100 Å². The first kappa shape index (κ1) is 22.5. The van der Waals surface area contributed by atoms with Crippen molar-refractivity contribution in [1.82, 2.24) is 4.90 Å². The van der Waals surface area contributed by atoms with Gasteiger partial charge < -0.3 is 14.4 Å². The number of benzene rings is 2. The zero-order chi connectivity index (χ0) is 23.9. The molecule has 1 amide bonds. The van der Waals surface area contributed by atoms with Gasteiger partial charge in [-0.1, -0.05) is 57.2 Å². The van der Waals surface area contributed by atoms with Crippen molar-refractivity contribution >= 4 is 17.4 Å². The largest absolute Gasteiger partial charge is 0.507 e. The summed E-state index contributed by atoms with van der Waals surface area (Å²) >= 11 is 0. The summed E-state index contributed by atoms with van der Waals surface area (Å²) in [6.07, 6.45) is 1.49. The lowest BCUT2D eigenvalue weighted by atomic mass is 9.85. The third kappa shape index (κ3) is 4.21. The van der Waals surface area contributed by atoms with Crippen molar-refractivity contribution < 1.29 is 23.5 Å². The monoisotopic (exact) mass is 447 g/mol. The van der Waals surface area contributed by atoms with Crippen LogP contribution in [0.5, 0.6) is 0 Å². The highest BCUT2D eigenvalue weighted by Crippen LogP contribution is 2.41. The van der Waals surface area contributed by atoms with Crippen molar-refractivity contribution in [1.29, 1.82) is 0 Å². The van der Waals surface area contributed by atoms with Gasteiger partial charge in [-0.3, -0.25) is 9.59 Å². The fourth-order valence-corrected chi connectivity index (χ4v) is 4.02. The molecule has 1 saturated heterocycles. The van der Waals surface area contributed by atoms with Gasteiger partial charge in [0, 0.05) is 5.56 Å². The second-order valence-electron chi connectivity index (χ2n) is 9.34. The van der Waals surface area contributed by atoms with Crippen molar-refractivity contribution in [3.63, 3.8) is 0 Å². The van der Waals surface area contributed by atoms with Crippen LogP contribution in [0.25, 0.3) is 5.76 Å². The van der Waals surface area contributed by atoms with Crippen LogP contribution in [0.2, 0.25) is 0 Å². The molecule has 0 unspecified atom stereocenters. The molecule has 1 atom stereocenters. The molecule has 33 heavy (non-hydrogen) atoms. The SMILES string of the molecule is Cc1ccc(C(O)=C2C(=O)C(=O)N(Cc3ccco3)[C@H]2c2ccc(C(C)(C)C)cc2)cc1F. The number of aryl methyl sites for hydroxylation is 1. The fraction of sp³-hybridized carbons (Fsp3) is 0.259. The van der Waals surface area contributed by atoms with Crippen molar-refractivity contribution in [2.24, 2.45) is 0 Å². The summed E-state index contributed by atoms with van der Waals surface area (Å²) in [6, 6.07) is 14.4. The quantitative estimate of drug-likeness (QED) is 0.319. The fourth-order valence-electron chi connectivity index (χ4n) is 4.02. The van der Waals surface area contributed by atoms with Crippen LogP contribution in [-0.4, -0.2) is 21.7 Å².